The van der Waals surface area contributed by atoms with Gasteiger partial charge in [0.15, 0.2) is 0 Å². The number of nitrogens with zero attached hydrogens (tertiary/aromatic N) is 1. The van der Waals surface area contributed by atoms with E-state index in [2.05, 4.69) is 5.32 Å². The van der Waals surface area contributed by atoms with Crippen molar-refractivity contribution >= 4 is 29.4 Å². The Morgan fingerprint density at radius 2 is 1.72 bits per heavy atom. The van der Waals surface area contributed by atoms with Crippen LogP contribution in [0.1, 0.15) is 31.8 Å². The van der Waals surface area contributed by atoms with Crippen molar-refractivity contribution in [2.75, 3.05) is 5.32 Å². The summed E-state index contributed by atoms with van der Waals surface area (Å²) in [5, 5.41) is 3.19. The summed E-state index contributed by atoms with van der Waals surface area (Å²) < 4.78 is 0. The number of benzene rings is 2. The van der Waals surface area contributed by atoms with E-state index in [0.717, 1.165) is 5.56 Å². The number of carbonyl (C=O) groups excluding carboxylic acids is 4. The van der Waals surface area contributed by atoms with Gasteiger partial charge in [-0.25, -0.2) is 4.79 Å². The van der Waals surface area contributed by atoms with Gasteiger partial charge in [0.25, 0.3) is 11.8 Å². The number of hydroxylamine groups is 2. The Morgan fingerprint density at radius 3 is 2.40 bits per heavy atom. The average Bonchev–Trinajstić information content (AvgIpc) is 3.07. The zero-order chi connectivity index (χ0) is 17.6. The van der Waals surface area contributed by atoms with Gasteiger partial charge in [-0.15, -0.1) is 0 Å². The molecule has 0 fully saturated rings. The van der Waals surface area contributed by atoms with Gasteiger partial charge in [-0.2, -0.15) is 0 Å². The van der Waals surface area contributed by atoms with Crippen molar-refractivity contribution in [3.8, 4) is 0 Å². The molecular formula is C18H12N2O5. The number of fused-ring (bicyclic) bond motifs is 2. The minimum atomic E-state index is -0.737. The first-order chi connectivity index (χ1) is 12.0. The third-order valence-corrected chi connectivity index (χ3v) is 4.10. The number of nitrogens with one attached hydrogen (secondary N) is 1. The molecule has 3 amide bonds. The smallest absolute Gasteiger partial charge is 0.329 e. The van der Waals surface area contributed by atoms with E-state index in [0.29, 0.717) is 22.7 Å². The molecule has 2 heterocycles. The Morgan fingerprint density at radius 1 is 1.04 bits per heavy atom. The summed E-state index contributed by atoms with van der Waals surface area (Å²) in [6, 6.07) is 11.4. The fourth-order valence-electron chi connectivity index (χ4n) is 2.92. The largest absolute Gasteiger partial charge is 0.337 e. The number of anilines is 1. The van der Waals surface area contributed by atoms with Crippen LogP contribution < -0.4 is 5.32 Å². The Bertz CT molecular complexity index is 915. The monoisotopic (exact) mass is 336 g/mol. The van der Waals surface area contributed by atoms with Crippen molar-refractivity contribution in [1.82, 2.24) is 5.06 Å². The molecule has 0 aromatic heterocycles. The number of hydrogen-bond acceptors (Lipinski definition) is 5. The minimum Gasteiger partial charge on any atom is -0.329 e. The van der Waals surface area contributed by atoms with E-state index in [-0.39, 0.29) is 23.5 Å². The van der Waals surface area contributed by atoms with Crippen LogP contribution in [0.5, 0.6) is 0 Å². The summed E-state index contributed by atoms with van der Waals surface area (Å²) in [6.45, 7) is 0. The summed E-state index contributed by atoms with van der Waals surface area (Å²) in [6.07, 6.45) is 0.186. The molecule has 2 aromatic rings. The molecule has 1 N–H and O–H groups in total. The van der Waals surface area contributed by atoms with E-state index in [1.807, 2.05) is 0 Å². The van der Waals surface area contributed by atoms with Crippen LogP contribution in [0, 0.1) is 0 Å². The second kappa shape index (κ2) is 5.55. The van der Waals surface area contributed by atoms with Gasteiger partial charge in [-0.3, -0.25) is 14.4 Å². The van der Waals surface area contributed by atoms with E-state index in [9.17, 15) is 19.2 Å². The summed E-state index contributed by atoms with van der Waals surface area (Å²) in [5.41, 5.74) is 2.56. The number of carbonyl (C=O) groups is 4. The van der Waals surface area contributed by atoms with Gasteiger partial charge >= 0.3 is 5.97 Å². The third-order valence-electron chi connectivity index (χ3n) is 4.10. The van der Waals surface area contributed by atoms with Crippen molar-refractivity contribution < 1.29 is 24.0 Å². The van der Waals surface area contributed by atoms with Crippen molar-refractivity contribution in [3.05, 3.63) is 64.7 Å². The molecule has 0 unspecified atom stereocenters. The second-order valence-electron chi connectivity index (χ2n) is 5.81. The van der Waals surface area contributed by atoms with Gasteiger partial charge < -0.3 is 10.2 Å². The van der Waals surface area contributed by atoms with Crippen molar-refractivity contribution in [2.24, 2.45) is 0 Å². The highest BCUT2D eigenvalue weighted by Crippen LogP contribution is 2.25. The number of amides is 3. The van der Waals surface area contributed by atoms with Gasteiger partial charge in [0.05, 0.1) is 24.0 Å². The van der Waals surface area contributed by atoms with Gasteiger partial charge in [-0.1, -0.05) is 29.3 Å². The quantitative estimate of drug-likeness (QED) is 0.857. The molecule has 25 heavy (non-hydrogen) atoms. The highest BCUT2D eigenvalue weighted by Gasteiger charge is 2.38. The molecule has 0 bridgehead atoms. The van der Waals surface area contributed by atoms with Crippen LogP contribution in [0.25, 0.3) is 0 Å². The van der Waals surface area contributed by atoms with Crippen molar-refractivity contribution in [3.63, 3.8) is 0 Å². The molecule has 7 heteroatoms. The zero-order valence-corrected chi connectivity index (χ0v) is 12.9. The molecule has 2 aromatic carbocycles. The molecule has 0 spiro atoms. The fraction of sp³-hybridized carbons (Fsp3) is 0.111. The maximum absolute atomic E-state index is 12.2. The molecule has 0 atom stereocenters. The highest BCUT2D eigenvalue weighted by molar-refractivity contribution is 6.20. The lowest BCUT2D eigenvalue weighted by Gasteiger charge is -2.13. The van der Waals surface area contributed by atoms with E-state index >= 15 is 0 Å². The lowest BCUT2D eigenvalue weighted by atomic mass is 10.1. The van der Waals surface area contributed by atoms with Gasteiger partial charge in [0, 0.05) is 5.69 Å². The van der Waals surface area contributed by atoms with Crippen LogP contribution in [0.3, 0.4) is 0 Å². The maximum atomic E-state index is 12.2. The summed E-state index contributed by atoms with van der Waals surface area (Å²) in [5.74, 6) is -2.15. The molecule has 0 radical (unpaired) electrons. The van der Waals surface area contributed by atoms with E-state index < -0.39 is 17.8 Å². The Labute approximate surface area is 142 Å². The summed E-state index contributed by atoms with van der Waals surface area (Å²) in [4.78, 5) is 52.8. The molecule has 0 saturated heterocycles. The maximum Gasteiger partial charge on any atom is 0.337 e. The molecule has 2 aliphatic heterocycles. The average molecular weight is 336 g/mol. The predicted octanol–water partition coefficient (Wildman–Crippen LogP) is 1.48. The second-order valence-corrected chi connectivity index (χ2v) is 5.81. The minimum absolute atomic E-state index is 0.0965. The molecule has 7 nitrogen and oxygen atoms in total. The van der Waals surface area contributed by atoms with E-state index in [1.165, 1.54) is 12.1 Å². The molecule has 4 rings (SSSR count). The Hall–Kier alpha value is -3.48. The lowest BCUT2D eigenvalue weighted by Crippen LogP contribution is -2.33. The Balaban J connectivity index is 1.47. The van der Waals surface area contributed by atoms with Crippen LogP contribution >= 0.6 is 0 Å². The molecule has 2 aliphatic rings. The molecule has 0 saturated carbocycles. The summed E-state index contributed by atoms with van der Waals surface area (Å²) in [7, 11) is 0. The van der Waals surface area contributed by atoms with Gasteiger partial charge in [0.2, 0.25) is 5.91 Å². The van der Waals surface area contributed by atoms with Crippen LogP contribution in [0.2, 0.25) is 0 Å². The zero-order valence-electron chi connectivity index (χ0n) is 12.9. The number of rotatable bonds is 3. The lowest BCUT2D eigenvalue weighted by molar-refractivity contribution is -0.167. The van der Waals surface area contributed by atoms with Crippen LogP contribution in [0.4, 0.5) is 5.69 Å². The molecule has 0 aliphatic carbocycles. The standard InChI is InChI=1S/C18H12N2O5/c21-15-9-11-6-5-10(7-14(11)19-15)8-16(22)25-20-17(23)12-3-1-2-4-13(12)18(20)24/h1-7H,8-9H2,(H,19,21). The normalized spacial score (nSPS) is 15.0. The van der Waals surface area contributed by atoms with Crippen molar-refractivity contribution in [2.45, 2.75) is 12.8 Å². The molecular weight excluding hydrogens is 324 g/mol. The van der Waals surface area contributed by atoms with Crippen LogP contribution in [0.15, 0.2) is 42.5 Å². The van der Waals surface area contributed by atoms with Crippen molar-refractivity contribution in [1.29, 1.82) is 0 Å². The first kappa shape index (κ1) is 15.1. The third kappa shape index (κ3) is 2.55. The highest BCUT2D eigenvalue weighted by atomic mass is 16.7. The fourth-order valence-corrected chi connectivity index (χ4v) is 2.92. The van der Waals surface area contributed by atoms with Gasteiger partial charge in [0.1, 0.15) is 0 Å². The van der Waals surface area contributed by atoms with Crippen LogP contribution in [-0.2, 0) is 27.3 Å². The van der Waals surface area contributed by atoms with Crippen LogP contribution in [-0.4, -0.2) is 28.8 Å². The Kier molecular flexibility index (Phi) is 3.35. The summed E-state index contributed by atoms with van der Waals surface area (Å²) >= 11 is 0. The van der Waals surface area contributed by atoms with Gasteiger partial charge in [-0.05, 0) is 29.3 Å². The SMILES string of the molecule is O=C1Cc2ccc(CC(=O)ON3C(=O)c4ccccc4C3=O)cc2N1. The topological polar surface area (TPSA) is 92.8 Å². The van der Waals surface area contributed by atoms with E-state index in [4.69, 9.17) is 4.84 Å². The number of imide groups is 1. The number of hydrogen-bond donors (Lipinski definition) is 1. The predicted molar refractivity (Wildman–Crippen MR) is 85.5 cm³/mol. The van der Waals surface area contributed by atoms with E-state index in [1.54, 1.807) is 30.3 Å². The first-order valence-electron chi connectivity index (χ1n) is 7.63. The first-order valence-corrected chi connectivity index (χ1v) is 7.63. The molecule has 124 valence electrons.